The molecule has 9 aromatic carbocycles. The summed E-state index contributed by atoms with van der Waals surface area (Å²) in [5.41, 5.74) is 14.4. The highest BCUT2D eigenvalue weighted by atomic mass is 15.0. The molecule has 290 valence electrons. The number of aromatic nitrogens is 5. The van der Waals surface area contributed by atoms with Gasteiger partial charge < -0.3 is 9.13 Å². The van der Waals surface area contributed by atoms with E-state index in [1.807, 2.05) is 60.7 Å². The summed E-state index contributed by atoms with van der Waals surface area (Å²) < 4.78 is 4.74. The van der Waals surface area contributed by atoms with Crippen molar-refractivity contribution in [2.24, 2.45) is 0 Å². The molecule has 0 saturated carbocycles. The van der Waals surface area contributed by atoms with E-state index in [1.165, 1.54) is 43.7 Å². The van der Waals surface area contributed by atoms with E-state index in [-0.39, 0.29) is 0 Å². The number of rotatable bonds is 7. The highest BCUT2D eigenvalue weighted by Gasteiger charge is 2.17. The minimum atomic E-state index is 0.627. The van der Waals surface area contributed by atoms with E-state index >= 15 is 0 Å². The zero-order valence-electron chi connectivity index (χ0n) is 33.6. The predicted octanol–water partition coefficient (Wildman–Crippen LogP) is 14.4. The fourth-order valence-electron chi connectivity index (χ4n) is 9.01. The first-order valence-corrected chi connectivity index (χ1v) is 20.9. The van der Waals surface area contributed by atoms with Gasteiger partial charge >= 0.3 is 0 Å². The van der Waals surface area contributed by atoms with Crippen LogP contribution in [0.4, 0.5) is 0 Å². The maximum atomic E-state index is 5.04. The van der Waals surface area contributed by atoms with Crippen molar-refractivity contribution in [1.82, 2.24) is 24.1 Å². The van der Waals surface area contributed by atoms with E-state index in [2.05, 4.69) is 173 Å². The molecule has 5 heteroatoms. The number of hydrogen-bond acceptors (Lipinski definition) is 3. The fourth-order valence-corrected chi connectivity index (χ4v) is 9.01. The van der Waals surface area contributed by atoms with Crippen molar-refractivity contribution in [3.63, 3.8) is 0 Å². The van der Waals surface area contributed by atoms with Crippen LogP contribution < -0.4 is 0 Å². The zero-order valence-corrected chi connectivity index (χ0v) is 33.6. The van der Waals surface area contributed by atoms with E-state index in [9.17, 15) is 0 Å². The van der Waals surface area contributed by atoms with E-state index in [4.69, 9.17) is 15.0 Å². The van der Waals surface area contributed by atoms with Crippen LogP contribution in [0.2, 0.25) is 0 Å². The van der Waals surface area contributed by atoms with Crippen molar-refractivity contribution < 1.29 is 0 Å². The molecule has 5 nitrogen and oxygen atoms in total. The summed E-state index contributed by atoms with van der Waals surface area (Å²) in [7, 11) is 0. The third-order valence-electron chi connectivity index (χ3n) is 12.0. The Bertz CT molecular complexity index is 3550. The molecule has 0 aliphatic carbocycles. The minimum absolute atomic E-state index is 0.627. The van der Waals surface area contributed by atoms with Gasteiger partial charge in [0.05, 0.1) is 22.1 Å². The molecule has 0 aliphatic heterocycles. The van der Waals surface area contributed by atoms with Crippen LogP contribution in [-0.4, -0.2) is 24.1 Å². The average molecular weight is 792 g/mol. The lowest BCUT2D eigenvalue weighted by atomic mass is 9.98. The summed E-state index contributed by atoms with van der Waals surface area (Å²) >= 11 is 0. The third kappa shape index (κ3) is 6.06. The van der Waals surface area contributed by atoms with Crippen LogP contribution in [0.3, 0.4) is 0 Å². The molecule has 0 saturated heterocycles. The van der Waals surface area contributed by atoms with Gasteiger partial charge in [-0.25, -0.2) is 15.0 Å². The summed E-state index contributed by atoms with van der Waals surface area (Å²) in [5, 5.41) is 4.91. The minimum Gasteiger partial charge on any atom is -0.309 e. The standard InChI is InChI=1S/C57H37N5/c1-4-15-40(16-5-1)55-58-56(41-17-6-2-7-18-41)60-57(59-55)44-19-14-22-46(35-44)62-52-26-13-11-24-48(52)50-34-32-43(37-54(50)62)39-29-27-38(28-30-39)42-31-33-49-47-23-10-12-25-51(47)61(53(49)36-42)45-20-8-3-9-21-45/h1-37H. The van der Waals surface area contributed by atoms with Crippen molar-refractivity contribution in [3.05, 3.63) is 224 Å². The summed E-state index contributed by atoms with van der Waals surface area (Å²) in [6.07, 6.45) is 0. The number of hydrogen-bond donors (Lipinski definition) is 0. The molecule has 0 atom stereocenters. The highest BCUT2D eigenvalue weighted by Crippen LogP contribution is 2.38. The van der Waals surface area contributed by atoms with Crippen molar-refractivity contribution in [2.45, 2.75) is 0 Å². The number of benzene rings is 9. The topological polar surface area (TPSA) is 48.5 Å². The van der Waals surface area contributed by atoms with Crippen LogP contribution in [0.5, 0.6) is 0 Å². The number of nitrogens with zero attached hydrogens (tertiary/aromatic N) is 5. The van der Waals surface area contributed by atoms with Gasteiger partial charge in [-0.3, -0.25) is 0 Å². The molecular weight excluding hydrogens is 755 g/mol. The number of para-hydroxylation sites is 3. The largest absolute Gasteiger partial charge is 0.309 e. The lowest BCUT2D eigenvalue weighted by Gasteiger charge is -2.12. The molecule has 0 fully saturated rings. The SMILES string of the molecule is c1ccc(-c2nc(-c3ccccc3)nc(-c3cccc(-n4c5ccccc5c5ccc(-c6ccc(-c7ccc8c9ccccc9n(-c9ccccc9)c8c7)cc6)cc54)c3)n2)cc1. The van der Waals surface area contributed by atoms with E-state index < -0.39 is 0 Å². The molecule has 3 aromatic heterocycles. The average Bonchev–Trinajstić information content (AvgIpc) is 3.87. The fraction of sp³-hybridized carbons (Fsp3) is 0. The van der Waals surface area contributed by atoms with Crippen molar-refractivity contribution in [3.8, 4) is 67.8 Å². The normalized spacial score (nSPS) is 11.5. The van der Waals surface area contributed by atoms with Crippen LogP contribution in [0.15, 0.2) is 224 Å². The van der Waals surface area contributed by atoms with Crippen LogP contribution in [0.25, 0.3) is 111 Å². The smallest absolute Gasteiger partial charge is 0.164 e. The molecule has 0 aliphatic rings. The van der Waals surface area contributed by atoms with Crippen LogP contribution in [0.1, 0.15) is 0 Å². The van der Waals surface area contributed by atoms with E-state index in [0.717, 1.165) is 50.2 Å². The second-order valence-corrected chi connectivity index (χ2v) is 15.7. The van der Waals surface area contributed by atoms with Gasteiger partial charge in [0, 0.05) is 49.6 Å². The summed E-state index contributed by atoms with van der Waals surface area (Å²) in [5.74, 6) is 1.91. The summed E-state index contributed by atoms with van der Waals surface area (Å²) in [6.45, 7) is 0. The van der Waals surface area contributed by atoms with Gasteiger partial charge in [-0.15, -0.1) is 0 Å². The molecule has 3 heterocycles. The van der Waals surface area contributed by atoms with E-state index in [1.54, 1.807) is 0 Å². The van der Waals surface area contributed by atoms with Crippen molar-refractivity contribution in [2.75, 3.05) is 0 Å². The predicted molar refractivity (Wildman–Crippen MR) is 256 cm³/mol. The Kier molecular flexibility index (Phi) is 8.42. The molecule has 0 spiro atoms. The van der Waals surface area contributed by atoms with Gasteiger partial charge in [-0.1, -0.05) is 176 Å². The summed E-state index contributed by atoms with van der Waals surface area (Å²) in [4.78, 5) is 15.0. The van der Waals surface area contributed by atoms with Gasteiger partial charge in [-0.05, 0) is 70.8 Å². The van der Waals surface area contributed by atoms with Gasteiger partial charge in [0.2, 0.25) is 0 Å². The van der Waals surface area contributed by atoms with Gasteiger partial charge in [0.25, 0.3) is 0 Å². The maximum absolute atomic E-state index is 5.04. The first kappa shape index (κ1) is 35.5. The molecule has 0 unspecified atom stereocenters. The van der Waals surface area contributed by atoms with Crippen LogP contribution >= 0.6 is 0 Å². The van der Waals surface area contributed by atoms with Crippen molar-refractivity contribution in [1.29, 1.82) is 0 Å². The lowest BCUT2D eigenvalue weighted by Crippen LogP contribution is -2.01. The monoisotopic (exact) mass is 791 g/mol. The van der Waals surface area contributed by atoms with Gasteiger partial charge in [-0.2, -0.15) is 0 Å². The van der Waals surface area contributed by atoms with Gasteiger partial charge in [0.1, 0.15) is 0 Å². The molecule has 0 bridgehead atoms. The first-order valence-electron chi connectivity index (χ1n) is 20.9. The Morgan fingerprint density at radius 1 is 0.226 bits per heavy atom. The number of fused-ring (bicyclic) bond motifs is 6. The maximum Gasteiger partial charge on any atom is 0.164 e. The van der Waals surface area contributed by atoms with Gasteiger partial charge in [0.15, 0.2) is 17.5 Å². The Labute approximate surface area is 358 Å². The second-order valence-electron chi connectivity index (χ2n) is 15.7. The quantitative estimate of drug-likeness (QED) is 0.162. The molecule has 12 aromatic rings. The molecular formula is C57H37N5. The van der Waals surface area contributed by atoms with Crippen LogP contribution in [-0.2, 0) is 0 Å². The lowest BCUT2D eigenvalue weighted by molar-refractivity contribution is 1.07. The van der Waals surface area contributed by atoms with E-state index in [0.29, 0.717) is 17.5 Å². The molecule has 0 amide bonds. The molecule has 12 rings (SSSR count). The Balaban J connectivity index is 0.944. The van der Waals surface area contributed by atoms with Crippen molar-refractivity contribution >= 4 is 43.6 Å². The Hall–Kier alpha value is -8.41. The summed E-state index contributed by atoms with van der Waals surface area (Å²) in [6, 6.07) is 79.4. The molecule has 62 heavy (non-hydrogen) atoms. The second kappa shape index (κ2) is 14.7. The zero-order chi connectivity index (χ0) is 41.0. The molecule has 0 N–H and O–H groups in total. The first-order chi connectivity index (χ1) is 30.7. The Morgan fingerprint density at radius 2 is 0.597 bits per heavy atom. The molecule has 0 radical (unpaired) electrons. The third-order valence-corrected chi connectivity index (χ3v) is 12.0. The Morgan fingerprint density at radius 3 is 1.11 bits per heavy atom. The highest BCUT2D eigenvalue weighted by molar-refractivity contribution is 6.11. The van der Waals surface area contributed by atoms with Crippen LogP contribution in [0, 0.1) is 0 Å².